The van der Waals surface area contributed by atoms with Crippen LogP contribution in [0.1, 0.15) is 49.9 Å². The summed E-state index contributed by atoms with van der Waals surface area (Å²) in [6, 6.07) is 11.4. The molecule has 0 radical (unpaired) electrons. The van der Waals surface area contributed by atoms with E-state index in [1.807, 2.05) is 52.0 Å². The third-order valence-electron chi connectivity index (χ3n) is 3.84. The van der Waals surface area contributed by atoms with Crippen LogP contribution in [0.25, 0.3) is 0 Å². The van der Waals surface area contributed by atoms with Crippen molar-refractivity contribution >= 4 is 0 Å². The highest BCUT2D eigenvalue weighted by Gasteiger charge is 2.24. The van der Waals surface area contributed by atoms with E-state index in [2.05, 4.69) is 13.8 Å². The van der Waals surface area contributed by atoms with Crippen LogP contribution in [0, 0.1) is 13.8 Å². The first kappa shape index (κ1) is 17.1. The third kappa shape index (κ3) is 3.57. The molecule has 0 amide bonds. The van der Waals surface area contributed by atoms with Gasteiger partial charge in [0.2, 0.25) is 0 Å². The van der Waals surface area contributed by atoms with Crippen molar-refractivity contribution in [3.63, 3.8) is 0 Å². The summed E-state index contributed by atoms with van der Waals surface area (Å²) in [4.78, 5) is 0. The van der Waals surface area contributed by atoms with Crippen LogP contribution in [0.5, 0.6) is 11.5 Å². The fourth-order valence-electron chi connectivity index (χ4n) is 2.26. The van der Waals surface area contributed by atoms with E-state index >= 15 is 0 Å². The number of benzene rings is 2. The molecular weight excluding hydrogens is 260 g/mol. The molecule has 0 aliphatic carbocycles. The molecule has 0 aliphatic rings. The van der Waals surface area contributed by atoms with Crippen molar-refractivity contribution in [2.45, 2.75) is 47.0 Å². The van der Waals surface area contributed by atoms with Crippen molar-refractivity contribution in [1.82, 2.24) is 0 Å². The van der Waals surface area contributed by atoms with Gasteiger partial charge in [-0.3, -0.25) is 0 Å². The van der Waals surface area contributed by atoms with Gasteiger partial charge in [-0.15, -0.1) is 0 Å². The number of phenolic OH excluding ortho intramolecular Hbond substituents is 2. The maximum absolute atomic E-state index is 9.63. The minimum absolute atomic E-state index is 0.170. The van der Waals surface area contributed by atoms with Crippen LogP contribution >= 0.6 is 0 Å². The number of hydrogen-bond donors (Lipinski definition) is 2. The van der Waals surface area contributed by atoms with Crippen molar-refractivity contribution in [2.75, 3.05) is 0 Å². The first-order chi connectivity index (χ1) is 9.82. The van der Waals surface area contributed by atoms with E-state index in [1.54, 1.807) is 12.1 Å². The first-order valence-corrected chi connectivity index (χ1v) is 7.42. The Morgan fingerprint density at radius 3 is 1.33 bits per heavy atom. The molecule has 2 rings (SSSR count). The SMILES string of the molecule is CC.Cc1cc(C(C)(C)c2ccc(O)c(C)c2)ccc1O. The standard InChI is InChI=1S/C17H20O2.C2H6/c1-11-9-13(5-7-15(11)18)17(3,4)14-6-8-16(19)12(2)10-14;1-2/h5-10,18-19H,1-4H3;1-2H3. The van der Waals surface area contributed by atoms with Gasteiger partial charge in [-0.2, -0.15) is 0 Å². The Hall–Kier alpha value is -1.96. The largest absolute Gasteiger partial charge is 0.508 e. The molecule has 21 heavy (non-hydrogen) atoms. The zero-order valence-electron chi connectivity index (χ0n) is 13.9. The van der Waals surface area contributed by atoms with Crippen LogP contribution in [-0.2, 0) is 5.41 Å². The summed E-state index contributed by atoms with van der Waals surface area (Å²) in [5, 5.41) is 19.3. The molecule has 2 heteroatoms. The number of aromatic hydroxyl groups is 2. The molecule has 0 heterocycles. The van der Waals surface area contributed by atoms with Crippen LogP contribution in [0.3, 0.4) is 0 Å². The summed E-state index contributed by atoms with van der Waals surface area (Å²) in [5.74, 6) is 0.642. The Bertz CT molecular complexity index is 559. The molecule has 0 bridgehead atoms. The maximum atomic E-state index is 9.63. The zero-order chi connectivity index (χ0) is 16.2. The van der Waals surface area contributed by atoms with Crippen LogP contribution in [0.4, 0.5) is 0 Å². The number of phenols is 2. The smallest absolute Gasteiger partial charge is 0.118 e. The summed E-state index contributed by atoms with van der Waals surface area (Å²) >= 11 is 0. The highest BCUT2D eigenvalue weighted by Crippen LogP contribution is 2.35. The summed E-state index contributed by atoms with van der Waals surface area (Å²) in [5.41, 5.74) is 3.87. The summed E-state index contributed by atoms with van der Waals surface area (Å²) in [7, 11) is 0. The van der Waals surface area contributed by atoms with E-state index in [4.69, 9.17) is 0 Å². The Balaban J connectivity index is 0.00000106. The second-order valence-electron chi connectivity index (χ2n) is 5.63. The number of rotatable bonds is 2. The third-order valence-corrected chi connectivity index (χ3v) is 3.84. The zero-order valence-corrected chi connectivity index (χ0v) is 13.9. The van der Waals surface area contributed by atoms with Gasteiger partial charge in [0.05, 0.1) is 0 Å². The minimum atomic E-state index is -0.170. The maximum Gasteiger partial charge on any atom is 0.118 e. The van der Waals surface area contributed by atoms with E-state index in [0.717, 1.165) is 22.3 Å². The topological polar surface area (TPSA) is 40.5 Å². The van der Waals surface area contributed by atoms with E-state index < -0.39 is 0 Å². The quantitative estimate of drug-likeness (QED) is 0.809. The summed E-state index contributed by atoms with van der Waals surface area (Å²) < 4.78 is 0. The van der Waals surface area contributed by atoms with Gasteiger partial charge < -0.3 is 10.2 Å². The minimum Gasteiger partial charge on any atom is -0.508 e. The molecule has 0 spiro atoms. The molecule has 2 nitrogen and oxygen atoms in total. The number of hydrogen-bond acceptors (Lipinski definition) is 2. The predicted molar refractivity (Wildman–Crippen MR) is 89.2 cm³/mol. The molecule has 0 atom stereocenters. The molecule has 0 aliphatic heterocycles. The lowest BCUT2D eigenvalue weighted by atomic mass is 9.77. The van der Waals surface area contributed by atoms with Crippen molar-refractivity contribution in [3.8, 4) is 11.5 Å². The molecule has 0 aromatic heterocycles. The molecule has 114 valence electrons. The van der Waals surface area contributed by atoms with Gasteiger partial charge >= 0.3 is 0 Å². The average molecular weight is 286 g/mol. The van der Waals surface area contributed by atoms with Crippen LogP contribution in [0.2, 0.25) is 0 Å². The fourth-order valence-corrected chi connectivity index (χ4v) is 2.26. The highest BCUT2D eigenvalue weighted by molar-refractivity contribution is 5.46. The van der Waals surface area contributed by atoms with Crippen molar-refractivity contribution in [2.24, 2.45) is 0 Å². The monoisotopic (exact) mass is 286 g/mol. The van der Waals surface area contributed by atoms with E-state index in [-0.39, 0.29) is 5.41 Å². The second kappa shape index (κ2) is 6.66. The fraction of sp³-hybridized carbons (Fsp3) is 0.368. The normalized spacial score (nSPS) is 10.8. The van der Waals surface area contributed by atoms with Gasteiger partial charge in [0, 0.05) is 5.41 Å². The lowest BCUT2D eigenvalue weighted by molar-refractivity contribution is 0.469. The molecule has 0 unspecified atom stereocenters. The molecule has 2 aromatic carbocycles. The van der Waals surface area contributed by atoms with E-state index in [9.17, 15) is 10.2 Å². The van der Waals surface area contributed by atoms with E-state index in [1.165, 1.54) is 0 Å². The van der Waals surface area contributed by atoms with Gasteiger partial charge in [0.25, 0.3) is 0 Å². The second-order valence-corrected chi connectivity index (χ2v) is 5.63. The molecule has 0 fully saturated rings. The molecule has 2 N–H and O–H groups in total. The Kier molecular flexibility index (Phi) is 5.42. The summed E-state index contributed by atoms with van der Waals surface area (Å²) in [6.45, 7) is 12.1. The van der Waals surface area contributed by atoms with Crippen LogP contribution < -0.4 is 0 Å². The van der Waals surface area contributed by atoms with Crippen LogP contribution in [-0.4, -0.2) is 10.2 Å². The van der Waals surface area contributed by atoms with Gasteiger partial charge in [-0.05, 0) is 48.2 Å². The average Bonchev–Trinajstić information content (AvgIpc) is 2.46. The molecular formula is C19H26O2. The van der Waals surface area contributed by atoms with Gasteiger partial charge in [0.15, 0.2) is 0 Å². The predicted octanol–water partition coefficient (Wildman–Crippen LogP) is 5.07. The number of aryl methyl sites for hydroxylation is 2. The summed E-state index contributed by atoms with van der Waals surface area (Å²) in [6.07, 6.45) is 0. The van der Waals surface area contributed by atoms with Crippen molar-refractivity contribution < 1.29 is 10.2 Å². The molecule has 2 aromatic rings. The lowest BCUT2D eigenvalue weighted by Crippen LogP contribution is -2.19. The van der Waals surface area contributed by atoms with Crippen molar-refractivity contribution in [1.29, 1.82) is 0 Å². The Morgan fingerprint density at radius 2 is 1.05 bits per heavy atom. The molecule has 0 saturated heterocycles. The van der Waals surface area contributed by atoms with Gasteiger partial charge in [-0.25, -0.2) is 0 Å². The molecule has 0 saturated carbocycles. The highest BCUT2D eigenvalue weighted by atomic mass is 16.3. The Morgan fingerprint density at radius 1 is 0.714 bits per heavy atom. The van der Waals surface area contributed by atoms with Crippen LogP contribution in [0.15, 0.2) is 36.4 Å². The Labute approximate surface area is 128 Å². The van der Waals surface area contributed by atoms with Crippen molar-refractivity contribution in [3.05, 3.63) is 58.7 Å². The lowest BCUT2D eigenvalue weighted by Gasteiger charge is -2.27. The van der Waals surface area contributed by atoms with E-state index in [0.29, 0.717) is 11.5 Å². The first-order valence-electron chi connectivity index (χ1n) is 7.42. The van der Waals surface area contributed by atoms with Gasteiger partial charge in [0.1, 0.15) is 11.5 Å². The van der Waals surface area contributed by atoms with Gasteiger partial charge in [-0.1, -0.05) is 52.0 Å².